The molecule has 0 aliphatic carbocycles. The SMILES string of the molecule is CCNS(=O)(=O)c1ccc(C)c(C(=O)NCCSCc2cccs2)c1. The van der Waals surface area contributed by atoms with Gasteiger partial charge in [0.05, 0.1) is 4.90 Å². The van der Waals surface area contributed by atoms with E-state index in [0.29, 0.717) is 18.7 Å². The minimum Gasteiger partial charge on any atom is -0.351 e. The number of rotatable bonds is 9. The van der Waals surface area contributed by atoms with Gasteiger partial charge in [0.15, 0.2) is 0 Å². The van der Waals surface area contributed by atoms with Crippen LogP contribution in [0.3, 0.4) is 0 Å². The molecule has 0 fully saturated rings. The lowest BCUT2D eigenvalue weighted by atomic mass is 10.1. The molecular formula is C17H22N2O3S3. The highest BCUT2D eigenvalue weighted by molar-refractivity contribution is 7.98. The van der Waals surface area contributed by atoms with Crippen molar-refractivity contribution in [1.82, 2.24) is 10.0 Å². The van der Waals surface area contributed by atoms with Crippen molar-refractivity contribution in [3.05, 3.63) is 51.7 Å². The molecule has 25 heavy (non-hydrogen) atoms. The van der Waals surface area contributed by atoms with Gasteiger partial charge in [0.1, 0.15) is 0 Å². The molecule has 0 unspecified atom stereocenters. The number of hydrogen-bond acceptors (Lipinski definition) is 5. The summed E-state index contributed by atoms with van der Waals surface area (Å²) in [5.74, 6) is 1.49. The second-order valence-electron chi connectivity index (χ2n) is 5.37. The summed E-state index contributed by atoms with van der Waals surface area (Å²) >= 11 is 3.48. The molecule has 1 aromatic heterocycles. The van der Waals surface area contributed by atoms with Crippen LogP contribution in [0.15, 0.2) is 40.6 Å². The number of thiophene rings is 1. The first kappa shape index (κ1) is 20.0. The number of amides is 1. The summed E-state index contributed by atoms with van der Waals surface area (Å²) < 4.78 is 26.6. The fourth-order valence-electron chi connectivity index (χ4n) is 2.19. The summed E-state index contributed by atoms with van der Waals surface area (Å²) in [5.41, 5.74) is 1.14. The van der Waals surface area contributed by atoms with Gasteiger partial charge in [-0.3, -0.25) is 4.79 Å². The van der Waals surface area contributed by atoms with Gasteiger partial charge in [-0.05, 0) is 36.1 Å². The monoisotopic (exact) mass is 398 g/mol. The second-order valence-corrected chi connectivity index (χ2v) is 9.27. The molecule has 0 atom stereocenters. The molecule has 0 radical (unpaired) electrons. The van der Waals surface area contributed by atoms with Gasteiger partial charge in [0.2, 0.25) is 10.0 Å². The zero-order valence-corrected chi connectivity index (χ0v) is 16.7. The van der Waals surface area contributed by atoms with Crippen LogP contribution in [-0.4, -0.2) is 33.2 Å². The van der Waals surface area contributed by atoms with Gasteiger partial charge in [-0.25, -0.2) is 13.1 Å². The van der Waals surface area contributed by atoms with E-state index in [1.165, 1.54) is 17.0 Å². The topological polar surface area (TPSA) is 75.3 Å². The summed E-state index contributed by atoms with van der Waals surface area (Å²) in [6.45, 7) is 4.36. The lowest BCUT2D eigenvalue weighted by Gasteiger charge is -2.10. The maximum Gasteiger partial charge on any atom is 0.251 e. The highest BCUT2D eigenvalue weighted by Gasteiger charge is 2.17. The van der Waals surface area contributed by atoms with Crippen LogP contribution in [0.2, 0.25) is 0 Å². The molecule has 136 valence electrons. The summed E-state index contributed by atoms with van der Waals surface area (Å²) in [6, 6.07) is 8.72. The van der Waals surface area contributed by atoms with Crippen LogP contribution in [0.4, 0.5) is 0 Å². The number of thioether (sulfide) groups is 1. The number of aryl methyl sites for hydroxylation is 1. The van der Waals surface area contributed by atoms with Crippen molar-refractivity contribution in [2.24, 2.45) is 0 Å². The van der Waals surface area contributed by atoms with E-state index in [2.05, 4.69) is 21.5 Å². The van der Waals surface area contributed by atoms with Crippen molar-refractivity contribution in [2.75, 3.05) is 18.8 Å². The standard InChI is InChI=1S/C17H22N2O3S3/c1-3-19-25(21,22)15-7-6-13(2)16(11-15)17(20)18-8-10-23-12-14-5-4-9-24-14/h4-7,9,11,19H,3,8,10,12H2,1-2H3,(H,18,20). The van der Waals surface area contributed by atoms with Crippen molar-refractivity contribution < 1.29 is 13.2 Å². The summed E-state index contributed by atoms with van der Waals surface area (Å²) in [5, 5.41) is 4.91. The van der Waals surface area contributed by atoms with E-state index < -0.39 is 10.0 Å². The third kappa shape index (κ3) is 5.85. The third-order valence-corrected chi connectivity index (χ3v) is 7.06. The van der Waals surface area contributed by atoms with E-state index in [1.807, 2.05) is 6.07 Å². The zero-order chi connectivity index (χ0) is 18.3. The highest BCUT2D eigenvalue weighted by atomic mass is 32.2. The van der Waals surface area contributed by atoms with Crippen molar-refractivity contribution in [3.8, 4) is 0 Å². The Morgan fingerprint density at radius 2 is 2.08 bits per heavy atom. The zero-order valence-electron chi connectivity index (χ0n) is 14.2. The Morgan fingerprint density at radius 1 is 1.28 bits per heavy atom. The van der Waals surface area contributed by atoms with Gasteiger partial charge < -0.3 is 5.32 Å². The molecule has 1 heterocycles. The molecule has 0 aliphatic rings. The molecule has 1 amide bonds. The number of benzene rings is 1. The molecule has 5 nitrogen and oxygen atoms in total. The van der Waals surface area contributed by atoms with Crippen molar-refractivity contribution in [3.63, 3.8) is 0 Å². The minimum atomic E-state index is -3.57. The van der Waals surface area contributed by atoms with Crippen molar-refractivity contribution in [1.29, 1.82) is 0 Å². The lowest BCUT2D eigenvalue weighted by molar-refractivity contribution is 0.0955. The second kappa shape index (κ2) is 9.38. The summed E-state index contributed by atoms with van der Waals surface area (Å²) in [6.07, 6.45) is 0. The van der Waals surface area contributed by atoms with Crippen LogP contribution in [0.25, 0.3) is 0 Å². The van der Waals surface area contributed by atoms with E-state index in [9.17, 15) is 13.2 Å². The molecule has 8 heteroatoms. The first-order chi connectivity index (χ1) is 11.9. The number of nitrogens with one attached hydrogen (secondary N) is 2. The highest BCUT2D eigenvalue weighted by Crippen LogP contribution is 2.17. The fraction of sp³-hybridized carbons (Fsp3) is 0.353. The molecule has 0 bridgehead atoms. The quantitative estimate of drug-likeness (QED) is 0.637. The molecule has 2 rings (SSSR count). The van der Waals surface area contributed by atoms with Crippen LogP contribution in [-0.2, 0) is 15.8 Å². The van der Waals surface area contributed by atoms with E-state index in [0.717, 1.165) is 17.1 Å². The normalized spacial score (nSPS) is 11.4. The van der Waals surface area contributed by atoms with E-state index in [-0.39, 0.29) is 10.8 Å². The van der Waals surface area contributed by atoms with Crippen molar-refractivity contribution >= 4 is 39.0 Å². The predicted octanol–water partition coefficient (Wildman–Crippen LogP) is 3.02. The largest absolute Gasteiger partial charge is 0.351 e. The number of sulfonamides is 1. The van der Waals surface area contributed by atoms with E-state index in [4.69, 9.17) is 0 Å². The van der Waals surface area contributed by atoms with Crippen LogP contribution < -0.4 is 10.0 Å². The Kier molecular flexibility index (Phi) is 7.49. The van der Waals surface area contributed by atoms with E-state index >= 15 is 0 Å². The van der Waals surface area contributed by atoms with Gasteiger partial charge in [-0.1, -0.05) is 19.1 Å². The maximum absolute atomic E-state index is 12.4. The third-order valence-electron chi connectivity index (χ3n) is 3.45. The number of hydrogen-bond donors (Lipinski definition) is 2. The van der Waals surface area contributed by atoms with E-state index in [1.54, 1.807) is 43.0 Å². The average Bonchev–Trinajstić information content (AvgIpc) is 3.08. The van der Waals surface area contributed by atoms with Crippen LogP contribution >= 0.6 is 23.1 Å². The molecule has 0 aliphatic heterocycles. The number of carbonyl (C=O) groups excluding carboxylic acids is 1. The van der Waals surface area contributed by atoms with Gasteiger partial charge in [-0.2, -0.15) is 11.8 Å². The maximum atomic E-state index is 12.4. The summed E-state index contributed by atoms with van der Waals surface area (Å²) in [7, 11) is -3.57. The van der Waals surface area contributed by atoms with Gasteiger partial charge >= 0.3 is 0 Å². The number of carbonyl (C=O) groups is 1. The Bertz CT molecular complexity index is 803. The Balaban J connectivity index is 1.92. The Morgan fingerprint density at radius 3 is 2.76 bits per heavy atom. The smallest absolute Gasteiger partial charge is 0.251 e. The van der Waals surface area contributed by atoms with Crippen molar-refractivity contribution in [2.45, 2.75) is 24.5 Å². The van der Waals surface area contributed by atoms with Gasteiger partial charge in [0.25, 0.3) is 5.91 Å². The van der Waals surface area contributed by atoms with Crippen LogP contribution in [0.5, 0.6) is 0 Å². The van der Waals surface area contributed by atoms with Gasteiger partial charge in [0, 0.05) is 35.0 Å². The first-order valence-corrected chi connectivity index (χ1v) is 11.4. The lowest BCUT2D eigenvalue weighted by Crippen LogP contribution is -2.27. The average molecular weight is 399 g/mol. The molecular weight excluding hydrogens is 376 g/mol. The molecule has 0 saturated heterocycles. The molecule has 1 aromatic carbocycles. The first-order valence-electron chi connectivity index (χ1n) is 7.92. The molecule has 2 aromatic rings. The predicted molar refractivity (Wildman–Crippen MR) is 105 cm³/mol. The van der Waals surface area contributed by atoms with Crippen LogP contribution in [0, 0.1) is 6.92 Å². The molecule has 2 N–H and O–H groups in total. The molecule has 0 saturated carbocycles. The van der Waals surface area contributed by atoms with Gasteiger partial charge in [-0.15, -0.1) is 11.3 Å². The fourth-order valence-corrected chi connectivity index (χ4v) is 4.95. The Labute approximate surface area is 157 Å². The van der Waals surface area contributed by atoms with Crippen LogP contribution in [0.1, 0.15) is 27.7 Å². The summed E-state index contributed by atoms with van der Waals surface area (Å²) in [4.78, 5) is 13.8. The molecule has 0 spiro atoms. The Hall–Kier alpha value is -1.35. The minimum absolute atomic E-state index is 0.108.